The largest absolute Gasteiger partial charge is 0.478 e. The summed E-state index contributed by atoms with van der Waals surface area (Å²) in [5.41, 5.74) is 1.95. The molecule has 2 aliphatic heterocycles. The van der Waals surface area contributed by atoms with Crippen molar-refractivity contribution >= 4 is 17.6 Å². The Labute approximate surface area is 96.9 Å². The van der Waals surface area contributed by atoms with Crippen LogP contribution in [0.4, 0.5) is 5.69 Å². The number of hydrogen-bond donors (Lipinski definition) is 1. The van der Waals surface area contributed by atoms with E-state index in [1.165, 1.54) is 6.20 Å². The molecule has 1 N–H and O–H groups in total. The summed E-state index contributed by atoms with van der Waals surface area (Å²) in [6.45, 7) is 0.0563. The summed E-state index contributed by atoms with van der Waals surface area (Å²) in [5, 5.41) is 9.02. The van der Waals surface area contributed by atoms with Crippen LogP contribution in [0.25, 0.3) is 0 Å². The predicted molar refractivity (Wildman–Crippen MR) is 58.8 cm³/mol. The highest BCUT2D eigenvalue weighted by Crippen LogP contribution is 2.39. The average Bonchev–Trinajstić information content (AvgIpc) is 2.28. The van der Waals surface area contributed by atoms with Gasteiger partial charge in [0.15, 0.2) is 5.75 Å². The van der Waals surface area contributed by atoms with Crippen LogP contribution < -0.4 is 9.64 Å². The monoisotopic (exact) mass is 231 g/mol. The zero-order valence-corrected chi connectivity index (χ0v) is 8.84. The molecule has 5 nitrogen and oxygen atoms in total. The Kier molecular flexibility index (Phi) is 1.95. The van der Waals surface area contributed by atoms with Gasteiger partial charge in [0.2, 0.25) is 0 Å². The topological polar surface area (TPSA) is 66.8 Å². The lowest BCUT2D eigenvalue weighted by Crippen LogP contribution is -2.36. The van der Waals surface area contributed by atoms with Crippen molar-refractivity contribution in [2.24, 2.45) is 0 Å². The summed E-state index contributed by atoms with van der Waals surface area (Å²) in [5.74, 6) is -0.836. The molecule has 0 aliphatic carbocycles. The fourth-order valence-electron chi connectivity index (χ4n) is 2.17. The molecule has 0 bridgehead atoms. The maximum absolute atomic E-state index is 11.4. The van der Waals surface area contributed by atoms with Crippen LogP contribution in [-0.4, -0.2) is 23.6 Å². The number of carbonyl (C=O) groups excluding carboxylic acids is 1. The van der Waals surface area contributed by atoms with Crippen LogP contribution >= 0.6 is 0 Å². The van der Waals surface area contributed by atoms with E-state index in [1.807, 2.05) is 6.07 Å². The number of carboxylic acids is 1. The van der Waals surface area contributed by atoms with E-state index in [-0.39, 0.29) is 18.1 Å². The van der Waals surface area contributed by atoms with Gasteiger partial charge in [0.05, 0.1) is 11.3 Å². The van der Waals surface area contributed by atoms with E-state index in [4.69, 9.17) is 9.84 Å². The summed E-state index contributed by atoms with van der Waals surface area (Å²) in [7, 11) is 0. The maximum Gasteiger partial charge on any atom is 0.333 e. The molecule has 0 amide bonds. The van der Waals surface area contributed by atoms with Crippen LogP contribution in [0.2, 0.25) is 0 Å². The molecule has 17 heavy (non-hydrogen) atoms. The Balaban J connectivity index is 2.15. The second-order valence-corrected chi connectivity index (χ2v) is 4.00. The third kappa shape index (κ3) is 1.47. The number of para-hydroxylation sites is 1. The van der Waals surface area contributed by atoms with Crippen molar-refractivity contribution in [3.63, 3.8) is 0 Å². The van der Waals surface area contributed by atoms with E-state index < -0.39 is 5.97 Å². The lowest BCUT2D eigenvalue weighted by atomic mass is 9.98. The number of carboxylic acid groups (broad SMARTS) is 1. The van der Waals surface area contributed by atoms with Crippen molar-refractivity contribution in [2.75, 3.05) is 11.4 Å². The van der Waals surface area contributed by atoms with Crippen molar-refractivity contribution in [1.29, 1.82) is 0 Å². The molecule has 0 fully saturated rings. The fourth-order valence-corrected chi connectivity index (χ4v) is 2.17. The molecule has 0 spiro atoms. The molecule has 0 saturated heterocycles. The quantitative estimate of drug-likeness (QED) is 0.575. The van der Waals surface area contributed by atoms with Crippen molar-refractivity contribution < 1.29 is 19.4 Å². The van der Waals surface area contributed by atoms with Crippen LogP contribution in [0.1, 0.15) is 5.56 Å². The van der Waals surface area contributed by atoms with Crippen LogP contribution in [0.5, 0.6) is 5.75 Å². The van der Waals surface area contributed by atoms with Gasteiger partial charge in [-0.25, -0.2) is 9.59 Å². The highest BCUT2D eigenvalue weighted by Gasteiger charge is 2.30. The van der Waals surface area contributed by atoms with Gasteiger partial charge in [0, 0.05) is 12.6 Å². The molecule has 2 heterocycles. The molecule has 0 aromatic heterocycles. The molecule has 3 rings (SSSR count). The van der Waals surface area contributed by atoms with Crippen molar-refractivity contribution in [3.8, 4) is 5.75 Å². The van der Waals surface area contributed by atoms with Gasteiger partial charge in [-0.1, -0.05) is 12.1 Å². The Morgan fingerprint density at radius 2 is 2.24 bits per heavy atom. The minimum atomic E-state index is -0.958. The number of benzene rings is 1. The molecule has 0 atom stereocenters. The van der Waals surface area contributed by atoms with E-state index >= 15 is 0 Å². The number of hydrogen-bond acceptors (Lipinski definition) is 4. The predicted octanol–water partition coefficient (Wildman–Crippen LogP) is 0.937. The zero-order chi connectivity index (χ0) is 12.0. The first-order valence-electron chi connectivity index (χ1n) is 5.18. The van der Waals surface area contributed by atoms with Crippen molar-refractivity contribution in [2.45, 2.75) is 6.42 Å². The molecule has 0 saturated carbocycles. The van der Waals surface area contributed by atoms with Crippen molar-refractivity contribution in [3.05, 3.63) is 35.5 Å². The second kappa shape index (κ2) is 3.35. The van der Waals surface area contributed by atoms with E-state index in [0.29, 0.717) is 12.2 Å². The van der Waals surface area contributed by atoms with Gasteiger partial charge in [0.1, 0.15) is 6.54 Å². The average molecular weight is 231 g/mol. The first-order valence-corrected chi connectivity index (χ1v) is 5.18. The molecule has 1 aromatic rings. The summed E-state index contributed by atoms with van der Waals surface area (Å²) in [4.78, 5) is 24.0. The highest BCUT2D eigenvalue weighted by molar-refractivity contribution is 5.93. The fraction of sp³-hybridized carbons (Fsp3) is 0.167. The maximum atomic E-state index is 11.4. The third-order valence-electron chi connectivity index (χ3n) is 2.86. The van der Waals surface area contributed by atoms with E-state index in [2.05, 4.69) is 0 Å². The normalized spacial score (nSPS) is 17.1. The van der Waals surface area contributed by atoms with Gasteiger partial charge in [0.25, 0.3) is 0 Å². The summed E-state index contributed by atoms with van der Waals surface area (Å²) < 4.78 is 5.12. The van der Waals surface area contributed by atoms with E-state index in [0.717, 1.165) is 11.3 Å². The molecular weight excluding hydrogens is 222 g/mol. The standard InChI is InChI=1S/C12H9NO4/c14-10-6-13-5-8(12(15)16)4-7-2-1-3-9(17-10)11(7)13/h1-3,5H,4,6H2,(H,15,16). The van der Waals surface area contributed by atoms with Crippen LogP contribution in [0.15, 0.2) is 30.0 Å². The first-order chi connectivity index (χ1) is 8.15. The lowest BCUT2D eigenvalue weighted by Gasteiger charge is -2.32. The Bertz CT molecular complexity index is 562. The van der Waals surface area contributed by atoms with Crippen LogP contribution in [0, 0.1) is 0 Å². The van der Waals surface area contributed by atoms with E-state index in [9.17, 15) is 9.59 Å². The van der Waals surface area contributed by atoms with E-state index in [1.54, 1.807) is 17.0 Å². The third-order valence-corrected chi connectivity index (χ3v) is 2.86. The van der Waals surface area contributed by atoms with Crippen molar-refractivity contribution in [1.82, 2.24) is 0 Å². The molecule has 2 aliphatic rings. The molecule has 86 valence electrons. The minimum Gasteiger partial charge on any atom is -0.478 e. The number of rotatable bonds is 1. The summed E-state index contributed by atoms with van der Waals surface area (Å²) in [6.07, 6.45) is 1.86. The van der Waals surface area contributed by atoms with Gasteiger partial charge in [-0.15, -0.1) is 0 Å². The number of aliphatic carboxylic acids is 1. The number of carbonyl (C=O) groups is 2. The van der Waals surface area contributed by atoms with Crippen LogP contribution in [0.3, 0.4) is 0 Å². The van der Waals surface area contributed by atoms with Gasteiger partial charge < -0.3 is 14.7 Å². The molecule has 0 unspecified atom stereocenters. The van der Waals surface area contributed by atoms with Gasteiger partial charge >= 0.3 is 11.9 Å². The molecule has 5 heteroatoms. The number of ether oxygens (including phenoxy) is 1. The van der Waals surface area contributed by atoms with Gasteiger partial charge in [-0.2, -0.15) is 0 Å². The summed E-state index contributed by atoms with van der Waals surface area (Å²) >= 11 is 0. The number of esters is 1. The molecule has 1 aromatic carbocycles. The smallest absolute Gasteiger partial charge is 0.333 e. The molecular formula is C12H9NO4. The zero-order valence-electron chi connectivity index (χ0n) is 8.84. The second-order valence-electron chi connectivity index (χ2n) is 4.00. The van der Waals surface area contributed by atoms with Crippen LogP contribution in [-0.2, 0) is 16.0 Å². The molecule has 0 radical (unpaired) electrons. The number of nitrogens with zero attached hydrogens (tertiary/aromatic N) is 1. The number of anilines is 1. The SMILES string of the molecule is O=C1CN2C=C(C(=O)O)Cc3cccc(c32)O1. The lowest BCUT2D eigenvalue weighted by molar-refractivity contribution is -0.134. The highest BCUT2D eigenvalue weighted by atomic mass is 16.5. The Hall–Kier alpha value is -2.30. The van der Waals surface area contributed by atoms with Gasteiger partial charge in [-0.3, -0.25) is 0 Å². The summed E-state index contributed by atoms with van der Waals surface area (Å²) in [6, 6.07) is 5.32. The Morgan fingerprint density at radius 3 is 3.00 bits per heavy atom. The first kappa shape index (κ1) is 9.89. The minimum absolute atomic E-state index is 0.0563. The Morgan fingerprint density at radius 1 is 1.41 bits per heavy atom. The van der Waals surface area contributed by atoms with Gasteiger partial charge in [-0.05, 0) is 11.6 Å².